The van der Waals surface area contributed by atoms with Gasteiger partial charge in [-0.25, -0.2) is 4.79 Å². The third kappa shape index (κ3) is 3.10. The van der Waals surface area contributed by atoms with Crippen LogP contribution in [0.1, 0.15) is 13.8 Å². The Hall–Kier alpha value is -2.63. The zero-order chi connectivity index (χ0) is 15.4. The molecule has 2 aromatic carbocycles. The van der Waals surface area contributed by atoms with Gasteiger partial charge < -0.3 is 9.47 Å². The Labute approximate surface area is 121 Å². The number of ether oxygens (including phenoxy) is 2. The van der Waals surface area contributed by atoms with Crippen molar-refractivity contribution in [2.75, 3.05) is 6.61 Å². The predicted molar refractivity (Wildman–Crippen MR) is 77.3 cm³/mol. The van der Waals surface area contributed by atoms with Gasteiger partial charge in [0.05, 0.1) is 16.9 Å². The number of hydrogen-bond acceptors (Lipinski definition) is 5. The fraction of sp³-hybridized carbons (Fsp3) is 0.267. The number of nitrogens with zero attached hydrogens (tertiary/aromatic N) is 1. The van der Waals surface area contributed by atoms with Crippen LogP contribution in [-0.2, 0) is 9.53 Å². The van der Waals surface area contributed by atoms with E-state index in [1.807, 2.05) is 0 Å². The maximum atomic E-state index is 11.6. The second kappa shape index (κ2) is 6.21. The molecule has 0 fully saturated rings. The highest BCUT2D eigenvalue weighted by atomic mass is 16.6. The molecule has 21 heavy (non-hydrogen) atoms. The molecule has 0 bridgehead atoms. The van der Waals surface area contributed by atoms with E-state index in [2.05, 4.69) is 0 Å². The lowest BCUT2D eigenvalue weighted by Gasteiger charge is -2.14. The molecule has 6 nitrogen and oxygen atoms in total. The molecule has 2 rings (SSSR count). The largest absolute Gasteiger partial charge is 0.472 e. The van der Waals surface area contributed by atoms with E-state index in [9.17, 15) is 14.9 Å². The Morgan fingerprint density at radius 3 is 2.67 bits per heavy atom. The van der Waals surface area contributed by atoms with Crippen LogP contribution in [0, 0.1) is 10.1 Å². The molecule has 0 aromatic heterocycles. The lowest BCUT2D eigenvalue weighted by atomic mass is 10.1. The topological polar surface area (TPSA) is 78.7 Å². The number of carbonyl (C=O) groups excluding carboxylic acids is 1. The molecule has 0 amide bonds. The summed E-state index contributed by atoms with van der Waals surface area (Å²) >= 11 is 0. The normalized spacial score (nSPS) is 11.9. The zero-order valence-electron chi connectivity index (χ0n) is 11.7. The van der Waals surface area contributed by atoms with E-state index in [0.29, 0.717) is 5.39 Å². The fourth-order valence-electron chi connectivity index (χ4n) is 2.02. The van der Waals surface area contributed by atoms with Crippen molar-refractivity contribution in [1.82, 2.24) is 0 Å². The molecule has 0 radical (unpaired) electrons. The summed E-state index contributed by atoms with van der Waals surface area (Å²) in [6.45, 7) is 3.41. The molecule has 0 spiro atoms. The first-order valence-electron chi connectivity index (χ1n) is 6.54. The Morgan fingerprint density at radius 2 is 2.00 bits per heavy atom. The quantitative estimate of drug-likeness (QED) is 0.480. The molecule has 0 saturated carbocycles. The van der Waals surface area contributed by atoms with Crippen LogP contribution in [-0.4, -0.2) is 23.6 Å². The van der Waals surface area contributed by atoms with Gasteiger partial charge in [-0.3, -0.25) is 10.1 Å². The van der Waals surface area contributed by atoms with Crippen LogP contribution in [0.3, 0.4) is 0 Å². The molecule has 2 aromatic rings. The van der Waals surface area contributed by atoms with Gasteiger partial charge in [-0.1, -0.05) is 24.3 Å². The standard InChI is InChI=1S/C15H15NO5/c1-3-20-15(17)10(2)21-13-9-8-11-6-4-5-7-12(11)14(13)16(18)19/h4-10H,3H2,1-2H3/t10-/m0/s1. The highest BCUT2D eigenvalue weighted by Gasteiger charge is 2.24. The molecule has 0 saturated heterocycles. The van der Waals surface area contributed by atoms with Crippen LogP contribution < -0.4 is 4.74 Å². The van der Waals surface area contributed by atoms with Crippen molar-refractivity contribution >= 4 is 22.4 Å². The molecular formula is C15H15NO5. The molecule has 0 N–H and O–H groups in total. The number of carbonyl (C=O) groups is 1. The van der Waals surface area contributed by atoms with Gasteiger partial charge in [-0.05, 0) is 31.4 Å². The highest BCUT2D eigenvalue weighted by molar-refractivity contribution is 5.93. The maximum Gasteiger partial charge on any atom is 0.347 e. The summed E-state index contributed by atoms with van der Waals surface area (Å²) in [5.41, 5.74) is -0.149. The van der Waals surface area contributed by atoms with E-state index in [1.54, 1.807) is 37.3 Å². The number of nitro groups is 1. The zero-order valence-corrected chi connectivity index (χ0v) is 11.7. The highest BCUT2D eigenvalue weighted by Crippen LogP contribution is 2.35. The third-order valence-electron chi connectivity index (χ3n) is 2.97. The Bertz CT molecular complexity index is 683. The van der Waals surface area contributed by atoms with Crippen molar-refractivity contribution in [1.29, 1.82) is 0 Å². The lowest BCUT2D eigenvalue weighted by molar-refractivity contribution is -0.384. The van der Waals surface area contributed by atoms with Gasteiger partial charge in [0.1, 0.15) is 0 Å². The molecule has 0 aliphatic heterocycles. The molecule has 0 aliphatic carbocycles. The smallest absolute Gasteiger partial charge is 0.347 e. The Morgan fingerprint density at radius 1 is 1.29 bits per heavy atom. The molecule has 1 atom stereocenters. The van der Waals surface area contributed by atoms with Crippen LogP contribution in [0.25, 0.3) is 10.8 Å². The minimum absolute atomic E-state index is 0.0549. The van der Waals surface area contributed by atoms with Gasteiger partial charge >= 0.3 is 11.7 Å². The van der Waals surface area contributed by atoms with E-state index in [1.165, 1.54) is 13.0 Å². The van der Waals surface area contributed by atoms with E-state index in [-0.39, 0.29) is 18.0 Å². The monoisotopic (exact) mass is 289 g/mol. The van der Waals surface area contributed by atoms with Crippen LogP contribution in [0.5, 0.6) is 5.75 Å². The van der Waals surface area contributed by atoms with Gasteiger partial charge in [0.25, 0.3) is 0 Å². The van der Waals surface area contributed by atoms with Gasteiger partial charge in [0, 0.05) is 0 Å². The molecule has 0 heterocycles. The van der Waals surface area contributed by atoms with Crippen LogP contribution in [0.15, 0.2) is 36.4 Å². The number of esters is 1. The van der Waals surface area contributed by atoms with Crippen LogP contribution in [0.4, 0.5) is 5.69 Å². The van der Waals surface area contributed by atoms with E-state index in [0.717, 1.165) is 5.39 Å². The number of rotatable bonds is 5. The summed E-state index contributed by atoms with van der Waals surface area (Å²) in [5, 5.41) is 12.5. The lowest BCUT2D eigenvalue weighted by Crippen LogP contribution is -2.26. The first kappa shape index (κ1) is 14.8. The number of benzene rings is 2. The van der Waals surface area contributed by atoms with Gasteiger partial charge in [-0.15, -0.1) is 0 Å². The van der Waals surface area contributed by atoms with Gasteiger partial charge in [0.2, 0.25) is 0 Å². The van der Waals surface area contributed by atoms with Crippen molar-refractivity contribution in [3.05, 3.63) is 46.5 Å². The minimum atomic E-state index is -0.912. The summed E-state index contributed by atoms with van der Waals surface area (Å²) in [5.74, 6) is -0.501. The van der Waals surface area contributed by atoms with Crippen LogP contribution in [0.2, 0.25) is 0 Å². The molecule has 110 valence electrons. The fourth-order valence-corrected chi connectivity index (χ4v) is 2.02. The van der Waals surface area contributed by atoms with Crippen molar-refractivity contribution in [2.24, 2.45) is 0 Å². The van der Waals surface area contributed by atoms with E-state index in [4.69, 9.17) is 9.47 Å². The Kier molecular flexibility index (Phi) is 4.37. The van der Waals surface area contributed by atoms with Crippen LogP contribution >= 0.6 is 0 Å². The molecule has 6 heteroatoms. The van der Waals surface area contributed by atoms with Crippen molar-refractivity contribution in [3.63, 3.8) is 0 Å². The average Bonchev–Trinajstić information content (AvgIpc) is 2.46. The summed E-state index contributed by atoms with van der Waals surface area (Å²) in [7, 11) is 0. The number of nitro benzene ring substituents is 1. The van der Waals surface area contributed by atoms with Gasteiger partial charge in [-0.2, -0.15) is 0 Å². The predicted octanol–water partition coefficient (Wildman–Crippen LogP) is 3.08. The molecule has 0 unspecified atom stereocenters. The second-order valence-corrected chi connectivity index (χ2v) is 4.40. The SMILES string of the molecule is CCOC(=O)[C@H](C)Oc1ccc2ccccc2c1[N+](=O)[O-]. The average molecular weight is 289 g/mol. The van der Waals surface area contributed by atoms with E-state index >= 15 is 0 Å². The maximum absolute atomic E-state index is 11.6. The van der Waals surface area contributed by atoms with E-state index < -0.39 is 17.0 Å². The third-order valence-corrected chi connectivity index (χ3v) is 2.97. The first-order chi connectivity index (χ1) is 10.0. The van der Waals surface area contributed by atoms with Crippen molar-refractivity contribution in [2.45, 2.75) is 20.0 Å². The molecule has 0 aliphatic rings. The summed E-state index contributed by atoms with van der Waals surface area (Å²) in [6, 6.07) is 10.2. The van der Waals surface area contributed by atoms with Crippen molar-refractivity contribution < 1.29 is 19.2 Å². The summed E-state index contributed by atoms with van der Waals surface area (Å²) < 4.78 is 10.2. The first-order valence-corrected chi connectivity index (χ1v) is 6.54. The second-order valence-electron chi connectivity index (χ2n) is 4.40. The molecular weight excluding hydrogens is 274 g/mol. The number of hydrogen-bond donors (Lipinski definition) is 0. The minimum Gasteiger partial charge on any atom is -0.472 e. The number of fused-ring (bicyclic) bond motifs is 1. The summed E-state index contributed by atoms with van der Waals surface area (Å²) in [6.07, 6.45) is -0.912. The van der Waals surface area contributed by atoms with Crippen molar-refractivity contribution in [3.8, 4) is 5.75 Å². The Balaban J connectivity index is 2.42. The summed E-state index contributed by atoms with van der Waals surface area (Å²) in [4.78, 5) is 22.4. The van der Waals surface area contributed by atoms with Gasteiger partial charge in [0.15, 0.2) is 11.9 Å².